The van der Waals surface area contributed by atoms with E-state index in [0.29, 0.717) is 16.7 Å². The molecule has 2 aromatic carbocycles. The summed E-state index contributed by atoms with van der Waals surface area (Å²) in [5, 5.41) is 0.430. The van der Waals surface area contributed by atoms with Gasteiger partial charge in [-0.05, 0) is 31.2 Å². The maximum atomic E-state index is 12.6. The fraction of sp³-hybridized carbons (Fsp3) is 0.158. The van der Waals surface area contributed by atoms with E-state index in [1.165, 1.54) is 13.3 Å². The molecule has 0 N–H and O–H groups in total. The summed E-state index contributed by atoms with van der Waals surface area (Å²) in [7, 11) is 2.83. The molecule has 0 radical (unpaired) electrons. The monoisotopic (exact) mass is 323 g/mol. The summed E-state index contributed by atoms with van der Waals surface area (Å²) in [6, 6.07) is 12.9. The van der Waals surface area contributed by atoms with Crippen LogP contribution in [0.4, 0.5) is 0 Å². The molecule has 3 aromatic rings. The van der Waals surface area contributed by atoms with Crippen molar-refractivity contribution in [3.8, 4) is 11.4 Å². The van der Waals surface area contributed by atoms with Gasteiger partial charge in [-0.15, -0.1) is 0 Å². The predicted octanol–water partition coefficient (Wildman–Crippen LogP) is 3.09. The molecule has 0 saturated heterocycles. The van der Waals surface area contributed by atoms with Gasteiger partial charge in [0.15, 0.2) is 0 Å². The zero-order valence-corrected chi connectivity index (χ0v) is 13.7. The molecule has 5 heteroatoms. The fourth-order valence-electron chi connectivity index (χ4n) is 2.61. The third kappa shape index (κ3) is 2.65. The molecule has 0 aliphatic carbocycles. The van der Waals surface area contributed by atoms with Crippen LogP contribution in [0.15, 0.2) is 53.5 Å². The molecule has 0 unspecified atom stereocenters. The Kier molecular flexibility index (Phi) is 4.08. The molecule has 0 saturated carbocycles. The summed E-state index contributed by atoms with van der Waals surface area (Å²) in [6.45, 7) is 2.00. The molecular formula is C19H17NO4. The number of rotatable bonds is 3. The number of aromatic nitrogens is 1. The van der Waals surface area contributed by atoms with Gasteiger partial charge in [0.05, 0.1) is 19.7 Å². The number of fused-ring (bicyclic) bond motifs is 1. The van der Waals surface area contributed by atoms with Crippen molar-refractivity contribution in [2.75, 3.05) is 14.2 Å². The molecule has 24 heavy (non-hydrogen) atoms. The summed E-state index contributed by atoms with van der Waals surface area (Å²) in [6.07, 6.45) is 1.51. The van der Waals surface area contributed by atoms with E-state index in [9.17, 15) is 9.59 Å². The Morgan fingerprint density at radius 1 is 1.04 bits per heavy atom. The van der Waals surface area contributed by atoms with Crippen molar-refractivity contribution in [1.29, 1.82) is 0 Å². The molecule has 1 heterocycles. The number of pyridine rings is 1. The van der Waals surface area contributed by atoms with E-state index in [1.54, 1.807) is 29.9 Å². The van der Waals surface area contributed by atoms with Gasteiger partial charge in [-0.1, -0.05) is 17.7 Å². The average Bonchev–Trinajstić information content (AvgIpc) is 2.62. The SMILES string of the molecule is COC(=O)c1cn(-c2ccc(C)cc2)c2cc(OC)ccc2c1=O. The lowest BCUT2D eigenvalue weighted by Gasteiger charge is -2.14. The molecule has 5 nitrogen and oxygen atoms in total. The van der Waals surface area contributed by atoms with Crippen molar-refractivity contribution < 1.29 is 14.3 Å². The number of hydrogen-bond donors (Lipinski definition) is 0. The smallest absolute Gasteiger partial charge is 0.343 e. The molecule has 0 bridgehead atoms. The largest absolute Gasteiger partial charge is 0.497 e. The first-order chi connectivity index (χ1) is 11.5. The second-order valence-corrected chi connectivity index (χ2v) is 5.45. The van der Waals surface area contributed by atoms with Crippen LogP contribution in [0.1, 0.15) is 15.9 Å². The summed E-state index contributed by atoms with van der Waals surface area (Å²) in [5.74, 6) is -0.0211. The number of nitrogens with zero attached hydrogens (tertiary/aromatic N) is 1. The summed E-state index contributed by atoms with van der Waals surface area (Å²) in [4.78, 5) is 24.6. The van der Waals surface area contributed by atoms with Gasteiger partial charge in [0.25, 0.3) is 0 Å². The quantitative estimate of drug-likeness (QED) is 0.695. The number of esters is 1. The van der Waals surface area contributed by atoms with Crippen LogP contribution in [0.2, 0.25) is 0 Å². The summed E-state index contributed by atoms with van der Waals surface area (Å²) >= 11 is 0. The first-order valence-electron chi connectivity index (χ1n) is 7.44. The molecule has 0 amide bonds. The molecule has 0 spiro atoms. The van der Waals surface area contributed by atoms with Crippen molar-refractivity contribution in [2.24, 2.45) is 0 Å². The molecule has 122 valence electrons. The van der Waals surface area contributed by atoms with E-state index < -0.39 is 5.97 Å². The summed E-state index contributed by atoms with van der Waals surface area (Å²) in [5.41, 5.74) is 2.26. The van der Waals surface area contributed by atoms with E-state index in [4.69, 9.17) is 9.47 Å². The van der Waals surface area contributed by atoms with Crippen molar-refractivity contribution in [3.05, 3.63) is 70.0 Å². The number of benzene rings is 2. The third-order valence-corrected chi connectivity index (χ3v) is 3.93. The number of ether oxygens (including phenoxy) is 2. The van der Waals surface area contributed by atoms with Gasteiger partial charge >= 0.3 is 5.97 Å². The van der Waals surface area contributed by atoms with Gasteiger partial charge in [-0.3, -0.25) is 4.79 Å². The highest BCUT2D eigenvalue weighted by Crippen LogP contribution is 2.23. The van der Waals surface area contributed by atoms with Crippen molar-refractivity contribution in [3.63, 3.8) is 0 Å². The minimum atomic E-state index is -0.654. The van der Waals surface area contributed by atoms with Crippen molar-refractivity contribution in [2.45, 2.75) is 6.92 Å². The van der Waals surface area contributed by atoms with Crippen molar-refractivity contribution in [1.82, 2.24) is 4.57 Å². The minimum Gasteiger partial charge on any atom is -0.497 e. The maximum Gasteiger partial charge on any atom is 0.343 e. The lowest BCUT2D eigenvalue weighted by Crippen LogP contribution is -2.19. The number of methoxy groups -OCH3 is 2. The normalized spacial score (nSPS) is 10.6. The lowest BCUT2D eigenvalue weighted by molar-refractivity contribution is 0.0599. The maximum absolute atomic E-state index is 12.6. The highest BCUT2D eigenvalue weighted by Gasteiger charge is 2.17. The standard InChI is InChI=1S/C19H17NO4/c1-12-4-6-13(7-5-12)20-11-16(19(22)24-3)18(21)15-9-8-14(23-2)10-17(15)20/h4-11H,1-3H3. The predicted molar refractivity (Wildman–Crippen MR) is 92.2 cm³/mol. The molecular weight excluding hydrogens is 306 g/mol. The highest BCUT2D eigenvalue weighted by molar-refractivity contribution is 5.94. The van der Waals surface area contributed by atoms with E-state index in [-0.39, 0.29) is 11.0 Å². The van der Waals surface area contributed by atoms with Gasteiger partial charge < -0.3 is 14.0 Å². The zero-order chi connectivity index (χ0) is 17.3. The third-order valence-electron chi connectivity index (χ3n) is 3.93. The fourth-order valence-corrected chi connectivity index (χ4v) is 2.61. The Labute approximate surface area is 139 Å². The van der Waals surface area contributed by atoms with Crippen LogP contribution < -0.4 is 10.2 Å². The van der Waals surface area contributed by atoms with E-state index in [2.05, 4.69) is 0 Å². The van der Waals surface area contributed by atoms with Crippen LogP contribution in [0, 0.1) is 6.92 Å². The minimum absolute atomic E-state index is 0.00394. The first kappa shape index (κ1) is 15.8. The number of carbonyl (C=O) groups is 1. The summed E-state index contributed by atoms with van der Waals surface area (Å²) < 4.78 is 11.8. The second kappa shape index (κ2) is 6.20. The van der Waals surface area contributed by atoms with Crippen LogP contribution >= 0.6 is 0 Å². The van der Waals surface area contributed by atoms with Crippen LogP contribution in [-0.2, 0) is 4.74 Å². The van der Waals surface area contributed by atoms with Gasteiger partial charge in [0, 0.05) is 23.3 Å². The molecule has 0 fully saturated rings. The van der Waals surface area contributed by atoms with E-state index in [0.717, 1.165) is 11.3 Å². The number of carbonyl (C=O) groups excluding carboxylic acids is 1. The number of hydrogen-bond acceptors (Lipinski definition) is 4. The lowest BCUT2D eigenvalue weighted by atomic mass is 10.1. The van der Waals surface area contributed by atoms with Crippen LogP contribution in [0.25, 0.3) is 16.6 Å². The zero-order valence-electron chi connectivity index (χ0n) is 13.7. The Morgan fingerprint density at radius 3 is 2.38 bits per heavy atom. The Hall–Kier alpha value is -3.08. The molecule has 1 aromatic heterocycles. The van der Waals surface area contributed by atoms with E-state index in [1.807, 2.05) is 31.2 Å². The van der Waals surface area contributed by atoms with Gasteiger partial charge in [-0.25, -0.2) is 4.79 Å². The Balaban J connectivity index is 2.39. The average molecular weight is 323 g/mol. The van der Waals surface area contributed by atoms with Crippen molar-refractivity contribution >= 4 is 16.9 Å². The molecule has 0 aliphatic rings. The van der Waals surface area contributed by atoms with E-state index >= 15 is 0 Å². The van der Waals surface area contributed by atoms with Crippen LogP contribution in [0.5, 0.6) is 5.75 Å². The second-order valence-electron chi connectivity index (χ2n) is 5.45. The molecule has 0 atom stereocenters. The highest BCUT2D eigenvalue weighted by atomic mass is 16.5. The van der Waals surface area contributed by atoms with Gasteiger partial charge in [0.2, 0.25) is 5.43 Å². The van der Waals surface area contributed by atoms with Crippen LogP contribution in [0.3, 0.4) is 0 Å². The molecule has 3 rings (SSSR count). The van der Waals surface area contributed by atoms with Crippen LogP contribution in [-0.4, -0.2) is 24.8 Å². The first-order valence-corrected chi connectivity index (χ1v) is 7.44. The van der Waals surface area contributed by atoms with Gasteiger partial charge in [-0.2, -0.15) is 0 Å². The topological polar surface area (TPSA) is 57.5 Å². The molecule has 0 aliphatic heterocycles. The number of aryl methyl sites for hydroxylation is 1. The Morgan fingerprint density at radius 2 is 1.75 bits per heavy atom. The Bertz CT molecular complexity index is 971. The van der Waals surface area contributed by atoms with Gasteiger partial charge in [0.1, 0.15) is 11.3 Å².